The summed E-state index contributed by atoms with van der Waals surface area (Å²) in [5, 5.41) is 14.5. The molecular formula is C17H22FN3O. The molecule has 1 saturated heterocycles. The van der Waals surface area contributed by atoms with Crippen LogP contribution in [-0.4, -0.2) is 39.4 Å². The quantitative estimate of drug-likeness (QED) is 0.943. The molecule has 1 aliphatic rings. The van der Waals surface area contributed by atoms with Gasteiger partial charge >= 0.3 is 0 Å². The molecule has 0 unspecified atom stereocenters. The van der Waals surface area contributed by atoms with E-state index in [-0.39, 0.29) is 5.82 Å². The van der Waals surface area contributed by atoms with Gasteiger partial charge < -0.3 is 10.0 Å². The van der Waals surface area contributed by atoms with Crippen molar-refractivity contribution in [3.8, 4) is 0 Å². The van der Waals surface area contributed by atoms with Crippen molar-refractivity contribution in [2.75, 3.05) is 19.6 Å². The molecule has 0 radical (unpaired) electrons. The molecule has 1 aliphatic heterocycles. The molecular weight excluding hydrogens is 281 g/mol. The number of nitrogens with zero attached hydrogens (tertiary/aromatic N) is 3. The SMILES string of the molecule is Cn1cc(C2CCN(C[C@@H](O)c3cccc(F)c3)CC2)cn1. The number of rotatable bonds is 4. The maximum Gasteiger partial charge on any atom is 0.123 e. The lowest BCUT2D eigenvalue weighted by Crippen LogP contribution is -2.36. The predicted octanol–water partition coefficient (Wildman–Crippen LogP) is 2.47. The van der Waals surface area contributed by atoms with E-state index in [4.69, 9.17) is 0 Å². The summed E-state index contributed by atoms with van der Waals surface area (Å²) in [5.74, 6) is 0.253. The number of aromatic nitrogens is 2. The van der Waals surface area contributed by atoms with Gasteiger partial charge in [0.2, 0.25) is 0 Å². The lowest BCUT2D eigenvalue weighted by Gasteiger charge is -2.32. The van der Waals surface area contributed by atoms with Crippen molar-refractivity contribution in [2.45, 2.75) is 24.9 Å². The molecule has 0 saturated carbocycles. The molecule has 3 rings (SSSR count). The maximum absolute atomic E-state index is 13.2. The van der Waals surface area contributed by atoms with Crippen LogP contribution in [0.1, 0.15) is 36.0 Å². The molecule has 0 aliphatic carbocycles. The number of aliphatic hydroxyl groups excluding tert-OH is 1. The van der Waals surface area contributed by atoms with Crippen LogP contribution in [-0.2, 0) is 7.05 Å². The molecule has 118 valence electrons. The lowest BCUT2D eigenvalue weighted by atomic mass is 9.91. The summed E-state index contributed by atoms with van der Waals surface area (Å²) in [4.78, 5) is 2.25. The molecule has 2 aromatic rings. The zero-order valence-electron chi connectivity index (χ0n) is 12.8. The molecule has 1 fully saturated rings. The van der Waals surface area contributed by atoms with E-state index < -0.39 is 6.10 Å². The lowest BCUT2D eigenvalue weighted by molar-refractivity contribution is 0.0970. The average Bonchev–Trinajstić information content (AvgIpc) is 2.94. The van der Waals surface area contributed by atoms with Crippen LogP contribution in [0.15, 0.2) is 36.7 Å². The third-order valence-electron chi connectivity index (χ3n) is 4.45. The minimum atomic E-state index is -0.634. The number of aryl methyl sites for hydroxylation is 1. The summed E-state index contributed by atoms with van der Waals surface area (Å²) < 4.78 is 15.1. The van der Waals surface area contributed by atoms with E-state index in [0.717, 1.165) is 25.9 Å². The number of benzene rings is 1. The van der Waals surface area contributed by atoms with Crippen molar-refractivity contribution in [2.24, 2.45) is 7.05 Å². The van der Waals surface area contributed by atoms with Crippen LogP contribution in [0.3, 0.4) is 0 Å². The van der Waals surface area contributed by atoms with Gasteiger partial charge in [-0.05, 0) is 55.1 Å². The standard InChI is InChI=1S/C17H22FN3O/c1-20-11-15(10-19-20)13-5-7-21(8-6-13)12-17(22)14-3-2-4-16(18)9-14/h2-4,9-11,13,17,22H,5-8,12H2,1H3/t17-/m1/s1. The zero-order valence-corrected chi connectivity index (χ0v) is 12.8. The molecule has 0 spiro atoms. The summed E-state index contributed by atoms with van der Waals surface area (Å²) >= 11 is 0. The first-order chi connectivity index (χ1) is 10.6. The van der Waals surface area contributed by atoms with Crippen LogP contribution in [0.2, 0.25) is 0 Å². The number of hydrogen-bond donors (Lipinski definition) is 1. The van der Waals surface area contributed by atoms with Crippen LogP contribution in [0.5, 0.6) is 0 Å². The Labute approximate surface area is 130 Å². The molecule has 5 heteroatoms. The molecule has 1 atom stereocenters. The van der Waals surface area contributed by atoms with E-state index in [0.29, 0.717) is 18.0 Å². The molecule has 0 bridgehead atoms. The molecule has 1 aromatic heterocycles. The van der Waals surface area contributed by atoms with Crippen molar-refractivity contribution in [1.82, 2.24) is 14.7 Å². The molecule has 1 N–H and O–H groups in total. The van der Waals surface area contributed by atoms with Gasteiger partial charge in [0, 0.05) is 19.8 Å². The van der Waals surface area contributed by atoms with Crippen molar-refractivity contribution in [1.29, 1.82) is 0 Å². The number of piperidine rings is 1. The van der Waals surface area contributed by atoms with Gasteiger partial charge in [-0.1, -0.05) is 12.1 Å². The van der Waals surface area contributed by atoms with Crippen molar-refractivity contribution >= 4 is 0 Å². The highest BCUT2D eigenvalue weighted by Gasteiger charge is 2.23. The molecule has 4 nitrogen and oxygen atoms in total. The number of hydrogen-bond acceptors (Lipinski definition) is 3. The van der Waals surface area contributed by atoms with E-state index >= 15 is 0 Å². The van der Waals surface area contributed by atoms with E-state index in [9.17, 15) is 9.50 Å². The van der Waals surface area contributed by atoms with Crippen LogP contribution >= 0.6 is 0 Å². The second kappa shape index (κ2) is 6.58. The first kappa shape index (κ1) is 15.2. The summed E-state index contributed by atoms with van der Waals surface area (Å²) in [6, 6.07) is 6.22. The third kappa shape index (κ3) is 3.54. The molecule has 22 heavy (non-hydrogen) atoms. The van der Waals surface area contributed by atoms with Gasteiger partial charge in [-0.3, -0.25) is 4.68 Å². The van der Waals surface area contributed by atoms with E-state index in [1.165, 1.54) is 17.7 Å². The van der Waals surface area contributed by atoms with Gasteiger partial charge in [0.15, 0.2) is 0 Å². The van der Waals surface area contributed by atoms with Crippen LogP contribution < -0.4 is 0 Å². The number of likely N-dealkylation sites (tertiary alicyclic amines) is 1. The van der Waals surface area contributed by atoms with Gasteiger partial charge in [-0.25, -0.2) is 4.39 Å². The molecule has 2 heterocycles. The number of aliphatic hydroxyl groups is 1. The highest BCUT2D eigenvalue weighted by Crippen LogP contribution is 2.28. The van der Waals surface area contributed by atoms with E-state index in [2.05, 4.69) is 16.2 Å². The highest BCUT2D eigenvalue weighted by atomic mass is 19.1. The van der Waals surface area contributed by atoms with Crippen molar-refractivity contribution < 1.29 is 9.50 Å². The Kier molecular flexibility index (Phi) is 4.55. The van der Waals surface area contributed by atoms with Gasteiger partial charge in [0.05, 0.1) is 12.3 Å². The zero-order chi connectivity index (χ0) is 15.5. The summed E-state index contributed by atoms with van der Waals surface area (Å²) in [6.07, 6.45) is 5.54. The van der Waals surface area contributed by atoms with Gasteiger partial charge in [0.1, 0.15) is 5.82 Å². The Morgan fingerprint density at radius 1 is 1.36 bits per heavy atom. The molecule has 1 aromatic carbocycles. The summed E-state index contributed by atoms with van der Waals surface area (Å²) in [7, 11) is 1.94. The second-order valence-corrected chi connectivity index (χ2v) is 6.09. The van der Waals surface area contributed by atoms with E-state index in [1.54, 1.807) is 12.1 Å². The van der Waals surface area contributed by atoms with Crippen LogP contribution in [0.25, 0.3) is 0 Å². The second-order valence-electron chi connectivity index (χ2n) is 6.09. The Bertz CT molecular complexity index is 620. The number of halogens is 1. The Hall–Kier alpha value is -1.72. The fourth-order valence-electron chi connectivity index (χ4n) is 3.16. The van der Waals surface area contributed by atoms with Crippen LogP contribution in [0.4, 0.5) is 4.39 Å². The predicted molar refractivity (Wildman–Crippen MR) is 83.0 cm³/mol. The summed E-state index contributed by atoms with van der Waals surface area (Å²) in [6.45, 7) is 2.46. The van der Waals surface area contributed by atoms with Crippen molar-refractivity contribution in [3.63, 3.8) is 0 Å². The smallest absolute Gasteiger partial charge is 0.123 e. The van der Waals surface area contributed by atoms with E-state index in [1.807, 2.05) is 17.9 Å². The minimum absolute atomic E-state index is 0.299. The average molecular weight is 303 g/mol. The van der Waals surface area contributed by atoms with Crippen LogP contribution in [0, 0.1) is 5.82 Å². The third-order valence-corrected chi connectivity index (χ3v) is 4.45. The Morgan fingerprint density at radius 3 is 2.77 bits per heavy atom. The first-order valence-corrected chi connectivity index (χ1v) is 7.76. The Morgan fingerprint density at radius 2 is 2.14 bits per heavy atom. The minimum Gasteiger partial charge on any atom is -0.387 e. The van der Waals surface area contributed by atoms with Crippen molar-refractivity contribution in [3.05, 3.63) is 53.6 Å². The monoisotopic (exact) mass is 303 g/mol. The topological polar surface area (TPSA) is 41.3 Å². The summed E-state index contributed by atoms with van der Waals surface area (Å²) in [5.41, 5.74) is 1.95. The normalized spacial score (nSPS) is 18.5. The number of β-amino-alcohol motifs (C(OH)–C–C–N with tert-alkyl or cyclic N) is 1. The maximum atomic E-state index is 13.2. The molecule has 0 amide bonds. The fourth-order valence-corrected chi connectivity index (χ4v) is 3.16. The highest BCUT2D eigenvalue weighted by molar-refractivity contribution is 5.19. The Balaban J connectivity index is 1.53. The largest absolute Gasteiger partial charge is 0.387 e. The van der Waals surface area contributed by atoms with Gasteiger partial charge in [-0.15, -0.1) is 0 Å². The van der Waals surface area contributed by atoms with Gasteiger partial charge in [0.25, 0.3) is 0 Å². The fraction of sp³-hybridized carbons (Fsp3) is 0.471. The van der Waals surface area contributed by atoms with Gasteiger partial charge in [-0.2, -0.15) is 5.10 Å². The first-order valence-electron chi connectivity index (χ1n) is 7.76.